The number of nitrogens with zero attached hydrogens (tertiary/aromatic N) is 1. The van der Waals surface area contributed by atoms with Crippen LogP contribution in [0.15, 0.2) is 0 Å². The summed E-state index contributed by atoms with van der Waals surface area (Å²) in [5.74, 6) is -1.64. The molecule has 0 bridgehead atoms. The summed E-state index contributed by atoms with van der Waals surface area (Å²) < 4.78 is 0. The fourth-order valence-electron chi connectivity index (χ4n) is 0.681. The third-order valence-corrected chi connectivity index (χ3v) is 1.30. The van der Waals surface area contributed by atoms with Crippen molar-refractivity contribution in [2.45, 2.75) is 12.5 Å². The van der Waals surface area contributed by atoms with Crippen molar-refractivity contribution in [3.05, 3.63) is 0 Å². The van der Waals surface area contributed by atoms with Crippen LogP contribution in [-0.4, -0.2) is 42.0 Å². The molecule has 0 aromatic heterocycles. The molecule has 0 fully saturated rings. The van der Waals surface area contributed by atoms with Crippen molar-refractivity contribution in [2.24, 2.45) is 5.73 Å². The predicted molar refractivity (Wildman–Crippen MR) is 38.9 cm³/mol. The fraction of sp³-hybridized carbons (Fsp3) is 0.667. The lowest BCUT2D eigenvalue weighted by Crippen LogP contribution is -2.38. The third-order valence-electron chi connectivity index (χ3n) is 1.30. The SMILES string of the molecule is CN(C)[C@H](CC(N)=O)C(=O)O. The van der Waals surface area contributed by atoms with Crippen LogP contribution in [0.2, 0.25) is 0 Å². The topological polar surface area (TPSA) is 83.6 Å². The lowest BCUT2D eigenvalue weighted by Gasteiger charge is -2.17. The van der Waals surface area contributed by atoms with Crippen LogP contribution in [0.4, 0.5) is 0 Å². The van der Waals surface area contributed by atoms with E-state index in [-0.39, 0.29) is 6.42 Å². The number of rotatable bonds is 4. The number of carboxylic acid groups (broad SMARTS) is 1. The maximum Gasteiger partial charge on any atom is 0.321 e. The van der Waals surface area contributed by atoms with E-state index in [4.69, 9.17) is 10.8 Å². The first-order valence-corrected chi connectivity index (χ1v) is 3.12. The average molecular weight is 160 g/mol. The molecule has 11 heavy (non-hydrogen) atoms. The summed E-state index contributed by atoms with van der Waals surface area (Å²) in [4.78, 5) is 22.2. The molecule has 3 N–H and O–H groups in total. The van der Waals surface area contributed by atoms with E-state index in [2.05, 4.69) is 0 Å². The molecule has 0 aromatic rings. The highest BCUT2D eigenvalue weighted by atomic mass is 16.4. The molecule has 0 saturated carbocycles. The highest BCUT2D eigenvalue weighted by Gasteiger charge is 2.21. The van der Waals surface area contributed by atoms with Gasteiger partial charge in [0.2, 0.25) is 5.91 Å². The lowest BCUT2D eigenvalue weighted by atomic mass is 10.2. The largest absolute Gasteiger partial charge is 0.480 e. The van der Waals surface area contributed by atoms with Gasteiger partial charge in [-0.1, -0.05) is 0 Å². The average Bonchev–Trinajstić information content (AvgIpc) is 1.81. The number of likely N-dealkylation sites (N-methyl/N-ethyl adjacent to an activating group) is 1. The molecule has 0 aromatic carbocycles. The summed E-state index contributed by atoms with van der Waals surface area (Å²) in [5, 5.41) is 8.54. The van der Waals surface area contributed by atoms with Crippen molar-refractivity contribution in [2.75, 3.05) is 14.1 Å². The van der Waals surface area contributed by atoms with Gasteiger partial charge in [0.25, 0.3) is 0 Å². The Morgan fingerprint density at radius 2 is 2.00 bits per heavy atom. The van der Waals surface area contributed by atoms with Crippen molar-refractivity contribution in [3.8, 4) is 0 Å². The summed E-state index contributed by atoms with van der Waals surface area (Å²) in [5.41, 5.74) is 4.84. The van der Waals surface area contributed by atoms with Crippen LogP contribution < -0.4 is 5.73 Å². The Kier molecular flexibility index (Phi) is 3.53. The summed E-state index contributed by atoms with van der Waals surface area (Å²) >= 11 is 0. The van der Waals surface area contributed by atoms with Crippen LogP contribution in [-0.2, 0) is 9.59 Å². The third kappa shape index (κ3) is 3.57. The Morgan fingerprint density at radius 3 is 2.09 bits per heavy atom. The zero-order valence-corrected chi connectivity index (χ0v) is 6.57. The van der Waals surface area contributed by atoms with E-state index in [0.717, 1.165) is 0 Å². The second kappa shape index (κ2) is 3.92. The first-order chi connectivity index (χ1) is 4.95. The minimum atomic E-state index is -1.03. The van der Waals surface area contributed by atoms with Gasteiger partial charge in [-0.15, -0.1) is 0 Å². The van der Waals surface area contributed by atoms with E-state index in [1.807, 2.05) is 0 Å². The maximum absolute atomic E-state index is 10.4. The van der Waals surface area contributed by atoms with Crippen LogP contribution in [0.5, 0.6) is 0 Å². The Hall–Kier alpha value is -1.10. The fourth-order valence-corrected chi connectivity index (χ4v) is 0.681. The zero-order valence-electron chi connectivity index (χ0n) is 6.57. The molecule has 0 heterocycles. The number of primary amides is 1. The Balaban J connectivity index is 4.12. The maximum atomic E-state index is 10.4. The molecule has 0 aliphatic rings. The molecular formula is C6H12N2O3. The summed E-state index contributed by atoms with van der Waals surface area (Å²) in [7, 11) is 3.17. The monoisotopic (exact) mass is 160 g/mol. The standard InChI is InChI=1S/C6H12N2O3/c1-8(2)4(6(10)11)3-5(7)9/h4H,3H2,1-2H3,(H2,7,9)(H,10,11)/t4-/m1/s1. The lowest BCUT2D eigenvalue weighted by molar-refractivity contribution is -0.144. The molecule has 1 amide bonds. The van der Waals surface area contributed by atoms with Crippen LogP contribution >= 0.6 is 0 Å². The molecule has 0 aliphatic carbocycles. The summed E-state index contributed by atoms with van der Waals surface area (Å²) in [6, 6.07) is -0.813. The molecule has 5 heteroatoms. The van der Waals surface area contributed by atoms with Gasteiger partial charge in [-0.05, 0) is 14.1 Å². The van der Waals surface area contributed by atoms with Gasteiger partial charge in [0.05, 0.1) is 6.42 Å². The number of amides is 1. The van der Waals surface area contributed by atoms with Crippen molar-refractivity contribution >= 4 is 11.9 Å². The molecule has 0 unspecified atom stereocenters. The van der Waals surface area contributed by atoms with Crippen LogP contribution in [0.3, 0.4) is 0 Å². The first-order valence-electron chi connectivity index (χ1n) is 3.12. The van der Waals surface area contributed by atoms with E-state index in [9.17, 15) is 9.59 Å². The molecule has 5 nitrogen and oxygen atoms in total. The number of carbonyl (C=O) groups excluding carboxylic acids is 1. The highest BCUT2D eigenvalue weighted by molar-refractivity contribution is 5.83. The number of hydrogen-bond acceptors (Lipinski definition) is 3. The molecule has 64 valence electrons. The molecule has 0 aliphatic heterocycles. The van der Waals surface area contributed by atoms with Crippen molar-refractivity contribution < 1.29 is 14.7 Å². The number of aliphatic carboxylic acids is 1. The molecule has 0 rings (SSSR count). The van der Waals surface area contributed by atoms with Gasteiger partial charge < -0.3 is 10.8 Å². The molecule has 1 atom stereocenters. The Bertz CT molecular complexity index is 167. The zero-order chi connectivity index (χ0) is 9.02. The Labute approximate surface area is 64.8 Å². The predicted octanol–water partition coefficient (Wildman–Crippen LogP) is -1.12. The van der Waals surface area contributed by atoms with Crippen molar-refractivity contribution in [3.63, 3.8) is 0 Å². The second-order valence-electron chi connectivity index (χ2n) is 2.49. The van der Waals surface area contributed by atoms with Crippen LogP contribution in [0.1, 0.15) is 6.42 Å². The van der Waals surface area contributed by atoms with Gasteiger partial charge in [0.1, 0.15) is 6.04 Å². The quantitative estimate of drug-likeness (QED) is 0.545. The minimum Gasteiger partial charge on any atom is -0.480 e. The van der Waals surface area contributed by atoms with E-state index in [1.165, 1.54) is 4.90 Å². The highest BCUT2D eigenvalue weighted by Crippen LogP contribution is 1.98. The smallest absolute Gasteiger partial charge is 0.321 e. The summed E-state index contributed by atoms with van der Waals surface area (Å²) in [6.45, 7) is 0. The summed E-state index contributed by atoms with van der Waals surface area (Å²) in [6.07, 6.45) is -0.150. The van der Waals surface area contributed by atoms with Crippen molar-refractivity contribution in [1.29, 1.82) is 0 Å². The van der Waals surface area contributed by atoms with Gasteiger partial charge >= 0.3 is 5.97 Å². The van der Waals surface area contributed by atoms with Gasteiger partial charge in [-0.3, -0.25) is 14.5 Å². The number of hydrogen-bond donors (Lipinski definition) is 2. The number of carbonyl (C=O) groups is 2. The van der Waals surface area contributed by atoms with Gasteiger partial charge in [0, 0.05) is 0 Å². The normalized spacial score (nSPS) is 13.0. The molecular weight excluding hydrogens is 148 g/mol. The number of nitrogens with two attached hydrogens (primary N) is 1. The van der Waals surface area contributed by atoms with Crippen LogP contribution in [0, 0.1) is 0 Å². The minimum absolute atomic E-state index is 0.150. The van der Waals surface area contributed by atoms with Gasteiger partial charge in [-0.2, -0.15) is 0 Å². The van der Waals surface area contributed by atoms with Crippen LogP contribution in [0.25, 0.3) is 0 Å². The van der Waals surface area contributed by atoms with Crippen molar-refractivity contribution in [1.82, 2.24) is 4.90 Å². The van der Waals surface area contributed by atoms with Gasteiger partial charge in [-0.25, -0.2) is 0 Å². The molecule has 0 spiro atoms. The van der Waals surface area contributed by atoms with E-state index >= 15 is 0 Å². The second-order valence-corrected chi connectivity index (χ2v) is 2.49. The molecule has 0 radical (unpaired) electrons. The van der Waals surface area contributed by atoms with E-state index < -0.39 is 17.9 Å². The molecule has 0 saturated heterocycles. The van der Waals surface area contributed by atoms with Gasteiger partial charge in [0.15, 0.2) is 0 Å². The Morgan fingerprint density at radius 1 is 1.55 bits per heavy atom. The van der Waals surface area contributed by atoms with E-state index in [0.29, 0.717) is 0 Å². The number of carboxylic acids is 1. The van der Waals surface area contributed by atoms with E-state index in [1.54, 1.807) is 14.1 Å². The first kappa shape index (κ1) is 9.90.